The maximum absolute atomic E-state index is 5.69. The van der Waals surface area contributed by atoms with E-state index in [0.717, 1.165) is 71.0 Å². The van der Waals surface area contributed by atoms with Crippen LogP contribution in [0.15, 0.2) is 29.3 Å². The molecule has 0 aromatic heterocycles. The van der Waals surface area contributed by atoms with Gasteiger partial charge in [-0.25, -0.2) is 4.99 Å². The minimum Gasteiger partial charge on any atom is -0.379 e. The molecule has 7 heteroatoms. The molecule has 1 heterocycles. The molecule has 28 heavy (non-hydrogen) atoms. The summed E-state index contributed by atoms with van der Waals surface area (Å²) in [6, 6.07) is 8.61. The summed E-state index contributed by atoms with van der Waals surface area (Å²) >= 11 is 0. The fourth-order valence-corrected chi connectivity index (χ4v) is 3.15. The van der Waals surface area contributed by atoms with E-state index < -0.39 is 0 Å². The smallest absolute Gasteiger partial charge is 0.191 e. The monoisotopic (exact) mass is 502 g/mol. The summed E-state index contributed by atoms with van der Waals surface area (Å²) in [6.45, 7) is 10.7. The molecule has 0 bridgehead atoms. The van der Waals surface area contributed by atoms with Crippen molar-refractivity contribution in [2.24, 2.45) is 10.9 Å². The molecule has 1 saturated carbocycles. The Labute approximate surface area is 186 Å². The van der Waals surface area contributed by atoms with E-state index in [9.17, 15) is 0 Å². The van der Waals surface area contributed by atoms with Crippen LogP contribution in [0.4, 0.5) is 0 Å². The second-order valence-corrected chi connectivity index (χ2v) is 7.30. The SMILES string of the molecule is CCNC(=NCc1ccccc1CN1CCOCC1)NCCOCC1CC1.I. The van der Waals surface area contributed by atoms with E-state index in [0.29, 0.717) is 6.54 Å². The van der Waals surface area contributed by atoms with Crippen LogP contribution < -0.4 is 10.6 Å². The fraction of sp³-hybridized carbons (Fsp3) is 0.667. The van der Waals surface area contributed by atoms with Crippen molar-refractivity contribution in [3.8, 4) is 0 Å². The Morgan fingerprint density at radius 2 is 1.93 bits per heavy atom. The summed E-state index contributed by atoms with van der Waals surface area (Å²) in [5.74, 6) is 1.67. The van der Waals surface area contributed by atoms with Crippen LogP contribution in [-0.2, 0) is 22.6 Å². The van der Waals surface area contributed by atoms with Crippen LogP contribution in [0.25, 0.3) is 0 Å². The predicted molar refractivity (Wildman–Crippen MR) is 124 cm³/mol. The number of nitrogens with one attached hydrogen (secondary N) is 2. The largest absolute Gasteiger partial charge is 0.379 e. The van der Waals surface area contributed by atoms with Gasteiger partial charge < -0.3 is 20.1 Å². The molecule has 0 unspecified atom stereocenters. The van der Waals surface area contributed by atoms with Crippen LogP contribution >= 0.6 is 24.0 Å². The molecule has 6 nitrogen and oxygen atoms in total. The highest BCUT2D eigenvalue weighted by Crippen LogP contribution is 2.28. The third-order valence-electron chi connectivity index (χ3n) is 4.96. The Balaban J connectivity index is 0.00000280. The summed E-state index contributed by atoms with van der Waals surface area (Å²) in [4.78, 5) is 7.23. The van der Waals surface area contributed by atoms with Crippen LogP contribution in [0.3, 0.4) is 0 Å². The Hall–Kier alpha value is -0.900. The summed E-state index contributed by atoms with van der Waals surface area (Å²) in [6.07, 6.45) is 2.67. The molecular formula is C21H35IN4O2. The topological polar surface area (TPSA) is 58.1 Å². The van der Waals surface area contributed by atoms with Crippen LogP contribution in [0.2, 0.25) is 0 Å². The molecule has 2 N–H and O–H groups in total. The first-order valence-electron chi connectivity index (χ1n) is 10.3. The maximum atomic E-state index is 5.69. The number of guanidine groups is 1. The molecule has 1 saturated heterocycles. The molecule has 2 aliphatic rings. The maximum Gasteiger partial charge on any atom is 0.191 e. The Morgan fingerprint density at radius 3 is 2.64 bits per heavy atom. The minimum absolute atomic E-state index is 0. The molecular weight excluding hydrogens is 467 g/mol. The van der Waals surface area contributed by atoms with Crippen LogP contribution in [0.5, 0.6) is 0 Å². The molecule has 1 aliphatic heterocycles. The molecule has 0 spiro atoms. The lowest BCUT2D eigenvalue weighted by molar-refractivity contribution is 0.0341. The van der Waals surface area contributed by atoms with Gasteiger partial charge in [-0.1, -0.05) is 24.3 Å². The van der Waals surface area contributed by atoms with Gasteiger partial charge in [0, 0.05) is 39.3 Å². The summed E-state index contributed by atoms with van der Waals surface area (Å²) in [5, 5.41) is 6.69. The molecule has 3 rings (SSSR count). The van der Waals surface area contributed by atoms with E-state index in [1.165, 1.54) is 24.0 Å². The van der Waals surface area contributed by atoms with Gasteiger partial charge in [0.1, 0.15) is 0 Å². The highest BCUT2D eigenvalue weighted by molar-refractivity contribution is 14.0. The Bertz CT molecular complexity index is 590. The highest BCUT2D eigenvalue weighted by atomic mass is 127. The van der Waals surface area contributed by atoms with Crippen LogP contribution in [0, 0.1) is 5.92 Å². The highest BCUT2D eigenvalue weighted by Gasteiger charge is 2.20. The molecule has 1 aromatic carbocycles. The third kappa shape index (κ3) is 8.63. The zero-order chi connectivity index (χ0) is 18.7. The number of nitrogens with zero attached hydrogens (tertiary/aromatic N) is 2. The third-order valence-corrected chi connectivity index (χ3v) is 4.96. The molecule has 0 radical (unpaired) electrons. The first-order chi connectivity index (χ1) is 13.3. The van der Waals surface area contributed by atoms with Gasteiger partial charge in [0.05, 0.1) is 26.4 Å². The second kappa shape index (κ2) is 13.3. The summed E-state index contributed by atoms with van der Waals surface area (Å²) in [5.41, 5.74) is 2.64. The Morgan fingerprint density at radius 1 is 1.18 bits per heavy atom. The van der Waals surface area contributed by atoms with Gasteiger partial charge in [0.2, 0.25) is 0 Å². The average molecular weight is 502 g/mol. The Kier molecular flexibility index (Phi) is 11.1. The normalized spacial score (nSPS) is 17.8. The number of halogens is 1. The van der Waals surface area contributed by atoms with E-state index in [1.807, 2.05) is 0 Å². The van der Waals surface area contributed by atoms with Crippen molar-refractivity contribution in [2.45, 2.75) is 32.9 Å². The second-order valence-electron chi connectivity index (χ2n) is 7.30. The van der Waals surface area contributed by atoms with Gasteiger partial charge in [0.15, 0.2) is 5.96 Å². The number of hydrogen-bond acceptors (Lipinski definition) is 4. The zero-order valence-corrected chi connectivity index (χ0v) is 19.3. The molecule has 1 aliphatic carbocycles. The molecule has 2 fully saturated rings. The van der Waals surface area contributed by atoms with E-state index >= 15 is 0 Å². The van der Waals surface area contributed by atoms with Gasteiger partial charge in [0.25, 0.3) is 0 Å². The standard InChI is InChI=1S/C21H34N4O2.HI/c1-2-22-21(23-9-12-27-17-18-7-8-18)24-15-19-5-3-4-6-20(19)16-25-10-13-26-14-11-25;/h3-6,18H,2,7-17H2,1H3,(H2,22,23,24);1H. The fourth-order valence-electron chi connectivity index (χ4n) is 3.15. The van der Waals surface area contributed by atoms with Gasteiger partial charge in [-0.15, -0.1) is 24.0 Å². The number of rotatable bonds is 10. The van der Waals surface area contributed by atoms with Crippen molar-refractivity contribution < 1.29 is 9.47 Å². The molecule has 1 aromatic rings. The van der Waals surface area contributed by atoms with Gasteiger partial charge in [-0.3, -0.25) is 4.90 Å². The van der Waals surface area contributed by atoms with Crippen LogP contribution in [-0.4, -0.2) is 63.5 Å². The molecule has 0 atom stereocenters. The number of ether oxygens (including phenoxy) is 2. The predicted octanol–water partition coefficient (Wildman–Crippen LogP) is 2.62. The van der Waals surface area contributed by atoms with E-state index in [1.54, 1.807) is 0 Å². The lowest BCUT2D eigenvalue weighted by Crippen LogP contribution is -2.39. The van der Waals surface area contributed by atoms with Gasteiger partial charge in [-0.2, -0.15) is 0 Å². The van der Waals surface area contributed by atoms with E-state index in [2.05, 4.69) is 46.7 Å². The minimum atomic E-state index is 0. The van der Waals surface area contributed by atoms with Crippen molar-refractivity contribution in [1.82, 2.24) is 15.5 Å². The number of aliphatic imine (C=N–C) groups is 1. The first-order valence-corrected chi connectivity index (χ1v) is 10.3. The van der Waals surface area contributed by atoms with Crippen molar-refractivity contribution in [1.29, 1.82) is 0 Å². The van der Waals surface area contributed by atoms with Crippen LogP contribution in [0.1, 0.15) is 30.9 Å². The zero-order valence-electron chi connectivity index (χ0n) is 17.0. The van der Waals surface area contributed by atoms with Gasteiger partial charge in [-0.05, 0) is 36.8 Å². The number of benzene rings is 1. The van der Waals surface area contributed by atoms with E-state index in [4.69, 9.17) is 14.5 Å². The lowest BCUT2D eigenvalue weighted by Gasteiger charge is -2.27. The summed E-state index contributed by atoms with van der Waals surface area (Å²) < 4.78 is 11.1. The quantitative estimate of drug-likeness (QED) is 0.223. The first kappa shape index (κ1) is 23.4. The van der Waals surface area contributed by atoms with Crippen molar-refractivity contribution in [2.75, 3.05) is 52.6 Å². The number of hydrogen-bond donors (Lipinski definition) is 2. The van der Waals surface area contributed by atoms with Crippen molar-refractivity contribution >= 4 is 29.9 Å². The average Bonchev–Trinajstić information content (AvgIpc) is 3.52. The molecule has 0 amide bonds. The summed E-state index contributed by atoms with van der Waals surface area (Å²) in [7, 11) is 0. The van der Waals surface area contributed by atoms with E-state index in [-0.39, 0.29) is 24.0 Å². The van der Waals surface area contributed by atoms with Gasteiger partial charge >= 0.3 is 0 Å². The van der Waals surface area contributed by atoms with Crippen molar-refractivity contribution in [3.63, 3.8) is 0 Å². The van der Waals surface area contributed by atoms with Crippen molar-refractivity contribution in [3.05, 3.63) is 35.4 Å². The lowest BCUT2D eigenvalue weighted by atomic mass is 10.1. The number of morpholine rings is 1. The molecule has 158 valence electrons.